The predicted molar refractivity (Wildman–Crippen MR) is 96.4 cm³/mol. The van der Waals surface area contributed by atoms with Crippen LogP contribution in [0.2, 0.25) is 0 Å². The van der Waals surface area contributed by atoms with Crippen LogP contribution in [0.1, 0.15) is 31.2 Å². The topological polar surface area (TPSA) is 52.7 Å². The number of piperidine rings is 1. The predicted octanol–water partition coefficient (Wildman–Crippen LogP) is 2.15. The van der Waals surface area contributed by atoms with E-state index in [4.69, 9.17) is 0 Å². The number of likely N-dealkylation sites (tertiary alicyclic amines) is 1. The number of benzene rings is 1. The van der Waals surface area contributed by atoms with Crippen LogP contribution in [-0.4, -0.2) is 53.8 Å². The summed E-state index contributed by atoms with van der Waals surface area (Å²) in [6.45, 7) is 3.68. The lowest BCUT2D eigenvalue weighted by Gasteiger charge is -2.34. The molecule has 24 heavy (non-hydrogen) atoms. The zero-order valence-corrected chi connectivity index (χ0v) is 15.4. The average Bonchev–Trinajstić information content (AvgIpc) is 2.59. The van der Waals surface area contributed by atoms with E-state index in [1.165, 1.54) is 6.42 Å². The van der Waals surface area contributed by atoms with Gasteiger partial charge in [0.05, 0.1) is 12.5 Å². The Kier molecular flexibility index (Phi) is 5.89. The highest BCUT2D eigenvalue weighted by atomic mass is 79.9. The minimum atomic E-state index is -0.389. The summed E-state index contributed by atoms with van der Waals surface area (Å²) >= 11 is 3.46. The summed E-state index contributed by atoms with van der Waals surface area (Å²) in [5.74, 6) is 0.136. The third kappa shape index (κ3) is 4.36. The maximum Gasteiger partial charge on any atom is 0.240 e. The molecule has 2 aliphatic rings. The van der Waals surface area contributed by atoms with E-state index in [2.05, 4.69) is 21.2 Å². The Morgan fingerprint density at radius 2 is 2.00 bits per heavy atom. The van der Waals surface area contributed by atoms with Crippen molar-refractivity contribution in [2.75, 3.05) is 26.2 Å². The fourth-order valence-electron chi connectivity index (χ4n) is 3.41. The second-order valence-electron chi connectivity index (χ2n) is 6.54. The van der Waals surface area contributed by atoms with Crippen molar-refractivity contribution in [1.29, 1.82) is 0 Å². The first kappa shape index (κ1) is 17.4. The van der Waals surface area contributed by atoms with Gasteiger partial charge >= 0.3 is 0 Å². The summed E-state index contributed by atoms with van der Waals surface area (Å²) < 4.78 is 1.01. The number of nitrogens with zero attached hydrogens (tertiary/aromatic N) is 2. The van der Waals surface area contributed by atoms with E-state index in [0.717, 1.165) is 42.5 Å². The number of halogens is 1. The zero-order chi connectivity index (χ0) is 16.9. The molecule has 6 heteroatoms. The maximum atomic E-state index is 12.7. The molecule has 1 N–H and O–H groups in total. The first-order chi connectivity index (χ1) is 11.6. The van der Waals surface area contributed by atoms with Gasteiger partial charge in [-0.25, -0.2) is 0 Å². The van der Waals surface area contributed by atoms with Gasteiger partial charge in [-0.3, -0.25) is 9.59 Å². The van der Waals surface area contributed by atoms with Gasteiger partial charge in [0.2, 0.25) is 11.8 Å². The molecule has 1 aromatic carbocycles. The quantitative estimate of drug-likeness (QED) is 0.852. The van der Waals surface area contributed by atoms with Crippen LogP contribution >= 0.6 is 15.9 Å². The number of carbonyl (C=O) groups excluding carboxylic acids is 2. The van der Waals surface area contributed by atoms with E-state index >= 15 is 0 Å². The Hall–Kier alpha value is -1.40. The van der Waals surface area contributed by atoms with Gasteiger partial charge in [0.1, 0.15) is 0 Å². The van der Waals surface area contributed by atoms with Crippen molar-refractivity contribution < 1.29 is 9.59 Å². The molecule has 1 unspecified atom stereocenters. The van der Waals surface area contributed by atoms with Gasteiger partial charge in [-0.1, -0.05) is 28.1 Å². The van der Waals surface area contributed by atoms with E-state index < -0.39 is 0 Å². The highest BCUT2D eigenvalue weighted by Crippen LogP contribution is 2.17. The number of hydrogen-bond acceptors (Lipinski definition) is 3. The van der Waals surface area contributed by atoms with Gasteiger partial charge < -0.3 is 15.1 Å². The third-order valence-electron chi connectivity index (χ3n) is 4.73. The average molecular weight is 394 g/mol. The third-order valence-corrected chi connectivity index (χ3v) is 5.23. The lowest BCUT2D eigenvalue weighted by atomic mass is 10.1. The molecule has 2 fully saturated rings. The zero-order valence-electron chi connectivity index (χ0n) is 13.8. The molecular weight excluding hydrogens is 370 g/mol. The van der Waals surface area contributed by atoms with Gasteiger partial charge in [0.15, 0.2) is 0 Å². The van der Waals surface area contributed by atoms with Crippen molar-refractivity contribution >= 4 is 27.7 Å². The molecule has 0 saturated carbocycles. The van der Waals surface area contributed by atoms with E-state index in [1.54, 1.807) is 0 Å². The fraction of sp³-hybridized carbons (Fsp3) is 0.556. The Morgan fingerprint density at radius 3 is 2.75 bits per heavy atom. The number of carbonyl (C=O) groups is 2. The first-order valence-corrected chi connectivity index (χ1v) is 9.47. The molecule has 0 aromatic heterocycles. The van der Waals surface area contributed by atoms with Crippen molar-refractivity contribution in [3.8, 4) is 0 Å². The van der Waals surface area contributed by atoms with Crippen molar-refractivity contribution in [2.45, 2.75) is 38.3 Å². The molecule has 1 aromatic rings. The molecule has 3 rings (SSSR count). The summed E-state index contributed by atoms with van der Waals surface area (Å²) in [5, 5.41) is 3.22. The lowest BCUT2D eigenvalue weighted by molar-refractivity contribution is -0.141. The highest BCUT2D eigenvalue weighted by molar-refractivity contribution is 9.10. The number of rotatable bonds is 4. The monoisotopic (exact) mass is 393 g/mol. The van der Waals surface area contributed by atoms with Crippen LogP contribution in [0.3, 0.4) is 0 Å². The molecule has 2 amide bonds. The summed E-state index contributed by atoms with van der Waals surface area (Å²) in [6, 6.07) is 7.62. The molecule has 2 saturated heterocycles. The highest BCUT2D eigenvalue weighted by Gasteiger charge is 2.31. The molecule has 2 heterocycles. The summed E-state index contributed by atoms with van der Waals surface area (Å²) in [6.07, 6.45) is 3.62. The van der Waals surface area contributed by atoms with E-state index in [9.17, 15) is 9.59 Å². The Labute approximate surface area is 151 Å². The van der Waals surface area contributed by atoms with Gasteiger partial charge in [-0.15, -0.1) is 0 Å². The van der Waals surface area contributed by atoms with Crippen LogP contribution in [0.15, 0.2) is 28.7 Å². The van der Waals surface area contributed by atoms with Crippen LogP contribution in [0.5, 0.6) is 0 Å². The van der Waals surface area contributed by atoms with Gasteiger partial charge in [-0.2, -0.15) is 0 Å². The molecule has 0 aliphatic carbocycles. The van der Waals surface area contributed by atoms with E-state index in [0.29, 0.717) is 13.1 Å². The maximum absolute atomic E-state index is 12.7. The van der Waals surface area contributed by atoms with E-state index in [-0.39, 0.29) is 24.3 Å². The summed E-state index contributed by atoms with van der Waals surface area (Å²) in [4.78, 5) is 28.9. The van der Waals surface area contributed by atoms with Crippen molar-refractivity contribution in [2.24, 2.45) is 0 Å². The summed E-state index contributed by atoms with van der Waals surface area (Å²) in [5.41, 5.74) is 1.10. The standard InChI is InChI=1S/C18H24BrN3O2/c19-15-6-4-5-14(11-15)13-22-10-7-20-16(18(22)24)12-17(23)21-8-2-1-3-9-21/h4-6,11,16,20H,1-3,7-10,12-13H2. The lowest BCUT2D eigenvalue weighted by Crippen LogP contribution is -2.56. The molecular formula is C18H24BrN3O2. The largest absolute Gasteiger partial charge is 0.343 e. The van der Waals surface area contributed by atoms with Crippen LogP contribution in [0.25, 0.3) is 0 Å². The van der Waals surface area contributed by atoms with Crippen molar-refractivity contribution in [3.05, 3.63) is 34.3 Å². The van der Waals surface area contributed by atoms with Gasteiger partial charge in [0.25, 0.3) is 0 Å². The first-order valence-electron chi connectivity index (χ1n) is 8.68. The second-order valence-corrected chi connectivity index (χ2v) is 7.46. The number of nitrogens with one attached hydrogen (secondary N) is 1. The fourth-order valence-corrected chi connectivity index (χ4v) is 3.86. The summed E-state index contributed by atoms with van der Waals surface area (Å²) in [7, 11) is 0. The van der Waals surface area contributed by atoms with E-state index in [1.807, 2.05) is 34.1 Å². The van der Waals surface area contributed by atoms with Gasteiger partial charge in [0, 0.05) is 37.2 Å². The molecule has 5 nitrogen and oxygen atoms in total. The SMILES string of the molecule is O=C(CC1NCCN(Cc2cccc(Br)c2)C1=O)N1CCCCC1. The van der Waals surface area contributed by atoms with Crippen LogP contribution in [0.4, 0.5) is 0 Å². The number of amides is 2. The van der Waals surface area contributed by atoms with Crippen LogP contribution in [0, 0.1) is 0 Å². The normalized spacial score (nSPS) is 21.9. The molecule has 1 atom stereocenters. The Bertz CT molecular complexity index is 602. The second kappa shape index (κ2) is 8.12. The molecule has 0 radical (unpaired) electrons. The number of piperazine rings is 1. The Balaban J connectivity index is 1.59. The Morgan fingerprint density at radius 1 is 1.21 bits per heavy atom. The smallest absolute Gasteiger partial charge is 0.240 e. The molecule has 130 valence electrons. The number of hydrogen-bond donors (Lipinski definition) is 1. The van der Waals surface area contributed by atoms with Gasteiger partial charge in [-0.05, 0) is 37.0 Å². The minimum Gasteiger partial charge on any atom is -0.343 e. The van der Waals surface area contributed by atoms with Crippen molar-refractivity contribution in [1.82, 2.24) is 15.1 Å². The molecule has 2 aliphatic heterocycles. The van der Waals surface area contributed by atoms with Crippen LogP contribution in [-0.2, 0) is 16.1 Å². The van der Waals surface area contributed by atoms with Crippen LogP contribution < -0.4 is 5.32 Å². The molecule has 0 bridgehead atoms. The molecule has 0 spiro atoms. The van der Waals surface area contributed by atoms with Crippen molar-refractivity contribution in [3.63, 3.8) is 0 Å². The minimum absolute atomic E-state index is 0.0339.